The van der Waals surface area contributed by atoms with Crippen molar-refractivity contribution in [2.24, 2.45) is 11.7 Å². The van der Waals surface area contributed by atoms with Crippen LogP contribution in [0.25, 0.3) is 0 Å². The average molecular weight is 227 g/mol. The molecule has 0 aliphatic rings. The lowest BCUT2D eigenvalue weighted by Gasteiger charge is -2.07. The molecule has 5 heteroatoms. The van der Waals surface area contributed by atoms with E-state index in [1.807, 2.05) is 0 Å². The Morgan fingerprint density at radius 3 is 3.13 bits per heavy atom. The van der Waals surface area contributed by atoms with Crippen LogP contribution in [0, 0.1) is 5.92 Å². The van der Waals surface area contributed by atoms with Crippen molar-refractivity contribution in [3.8, 4) is 0 Å². The molecule has 0 spiro atoms. The fourth-order valence-electron chi connectivity index (χ4n) is 1.10. The third-order valence-electron chi connectivity index (χ3n) is 2.21. The van der Waals surface area contributed by atoms with Crippen molar-refractivity contribution < 1.29 is 4.79 Å². The van der Waals surface area contributed by atoms with Crippen molar-refractivity contribution in [1.82, 2.24) is 10.3 Å². The quantitative estimate of drug-likeness (QED) is 0.765. The van der Waals surface area contributed by atoms with E-state index in [4.69, 9.17) is 5.73 Å². The first-order valence-corrected chi connectivity index (χ1v) is 5.94. The van der Waals surface area contributed by atoms with Crippen LogP contribution < -0.4 is 11.1 Å². The number of aromatic nitrogens is 1. The Hall–Kier alpha value is -0.940. The molecule has 1 amide bonds. The van der Waals surface area contributed by atoms with Gasteiger partial charge in [-0.15, -0.1) is 11.3 Å². The number of nitrogens with two attached hydrogens (primary N) is 1. The SMILES string of the molecule is CC(CN)CCC(=O)NCc1cncs1. The molecule has 1 rings (SSSR count). The predicted molar refractivity (Wildman–Crippen MR) is 61.4 cm³/mol. The number of thiazole rings is 1. The topological polar surface area (TPSA) is 68.0 Å². The molecule has 0 radical (unpaired) electrons. The Balaban J connectivity index is 2.14. The van der Waals surface area contributed by atoms with Crippen LogP contribution in [0.2, 0.25) is 0 Å². The largest absolute Gasteiger partial charge is 0.351 e. The smallest absolute Gasteiger partial charge is 0.220 e. The van der Waals surface area contributed by atoms with Crippen LogP contribution in [0.5, 0.6) is 0 Å². The molecule has 1 heterocycles. The predicted octanol–water partition coefficient (Wildman–Crippen LogP) is 1.13. The van der Waals surface area contributed by atoms with Gasteiger partial charge >= 0.3 is 0 Å². The molecule has 1 aromatic heterocycles. The number of nitrogens with one attached hydrogen (secondary N) is 1. The molecule has 0 aromatic carbocycles. The Morgan fingerprint density at radius 1 is 1.73 bits per heavy atom. The van der Waals surface area contributed by atoms with Crippen molar-refractivity contribution >= 4 is 17.2 Å². The third kappa shape index (κ3) is 4.90. The molecule has 3 N–H and O–H groups in total. The van der Waals surface area contributed by atoms with E-state index in [1.54, 1.807) is 23.0 Å². The van der Waals surface area contributed by atoms with E-state index in [0.717, 1.165) is 11.3 Å². The molecule has 0 saturated heterocycles. The summed E-state index contributed by atoms with van der Waals surface area (Å²) in [5.41, 5.74) is 7.23. The molecule has 0 aliphatic carbocycles. The zero-order valence-electron chi connectivity index (χ0n) is 8.90. The highest BCUT2D eigenvalue weighted by Gasteiger charge is 2.05. The van der Waals surface area contributed by atoms with Gasteiger partial charge in [0.2, 0.25) is 5.91 Å². The van der Waals surface area contributed by atoms with Crippen LogP contribution in [0.3, 0.4) is 0 Å². The van der Waals surface area contributed by atoms with Crippen molar-refractivity contribution in [2.45, 2.75) is 26.3 Å². The third-order valence-corrected chi connectivity index (χ3v) is 2.99. The normalized spacial score (nSPS) is 12.4. The lowest BCUT2D eigenvalue weighted by Crippen LogP contribution is -2.23. The highest BCUT2D eigenvalue weighted by Crippen LogP contribution is 2.06. The minimum absolute atomic E-state index is 0.0868. The number of nitrogens with zero attached hydrogens (tertiary/aromatic N) is 1. The second-order valence-corrected chi connectivity index (χ2v) is 4.59. The van der Waals surface area contributed by atoms with E-state index in [-0.39, 0.29) is 5.91 Å². The van der Waals surface area contributed by atoms with Crippen LogP contribution in [0.15, 0.2) is 11.7 Å². The number of amides is 1. The molecule has 84 valence electrons. The molecule has 1 unspecified atom stereocenters. The van der Waals surface area contributed by atoms with Gasteiger partial charge in [0.15, 0.2) is 0 Å². The van der Waals surface area contributed by atoms with E-state index in [1.165, 1.54) is 0 Å². The van der Waals surface area contributed by atoms with Gasteiger partial charge in [0.25, 0.3) is 0 Å². The van der Waals surface area contributed by atoms with Crippen molar-refractivity contribution in [1.29, 1.82) is 0 Å². The van der Waals surface area contributed by atoms with Crippen molar-refractivity contribution in [2.75, 3.05) is 6.54 Å². The van der Waals surface area contributed by atoms with E-state index in [9.17, 15) is 4.79 Å². The molecule has 15 heavy (non-hydrogen) atoms. The second kappa shape index (κ2) is 6.53. The summed E-state index contributed by atoms with van der Waals surface area (Å²) < 4.78 is 0. The van der Waals surface area contributed by atoms with E-state index < -0.39 is 0 Å². The lowest BCUT2D eigenvalue weighted by molar-refractivity contribution is -0.121. The lowest BCUT2D eigenvalue weighted by atomic mass is 10.1. The van der Waals surface area contributed by atoms with Gasteiger partial charge in [0.05, 0.1) is 12.1 Å². The molecule has 0 saturated carbocycles. The second-order valence-electron chi connectivity index (χ2n) is 3.62. The van der Waals surface area contributed by atoms with Gasteiger partial charge in [-0.05, 0) is 18.9 Å². The van der Waals surface area contributed by atoms with Gasteiger partial charge in [-0.25, -0.2) is 0 Å². The monoisotopic (exact) mass is 227 g/mol. The molecule has 1 aromatic rings. The number of carbonyl (C=O) groups is 1. The summed E-state index contributed by atoms with van der Waals surface area (Å²) in [5.74, 6) is 0.503. The number of hydrogen-bond donors (Lipinski definition) is 2. The Morgan fingerprint density at radius 2 is 2.53 bits per heavy atom. The summed E-state index contributed by atoms with van der Waals surface area (Å²) in [6.07, 6.45) is 3.18. The first-order chi connectivity index (χ1) is 7.22. The van der Waals surface area contributed by atoms with Gasteiger partial charge in [-0.2, -0.15) is 0 Å². The van der Waals surface area contributed by atoms with E-state index in [0.29, 0.717) is 25.4 Å². The first-order valence-electron chi connectivity index (χ1n) is 5.06. The highest BCUT2D eigenvalue weighted by atomic mass is 32.1. The van der Waals surface area contributed by atoms with E-state index in [2.05, 4.69) is 17.2 Å². The maximum Gasteiger partial charge on any atom is 0.220 e. The van der Waals surface area contributed by atoms with Gasteiger partial charge in [-0.1, -0.05) is 6.92 Å². The van der Waals surface area contributed by atoms with Crippen LogP contribution in [-0.2, 0) is 11.3 Å². The molecule has 0 bridgehead atoms. The fourth-order valence-corrected chi connectivity index (χ4v) is 1.63. The summed E-state index contributed by atoms with van der Waals surface area (Å²) in [6.45, 7) is 3.28. The van der Waals surface area contributed by atoms with Crippen molar-refractivity contribution in [3.63, 3.8) is 0 Å². The van der Waals surface area contributed by atoms with Crippen LogP contribution in [0.4, 0.5) is 0 Å². The minimum atomic E-state index is 0.0868. The summed E-state index contributed by atoms with van der Waals surface area (Å²) in [6, 6.07) is 0. The Labute approximate surface area is 93.9 Å². The molecular weight excluding hydrogens is 210 g/mol. The maximum absolute atomic E-state index is 11.4. The van der Waals surface area contributed by atoms with Crippen LogP contribution in [-0.4, -0.2) is 17.4 Å². The number of hydrogen-bond acceptors (Lipinski definition) is 4. The number of rotatable bonds is 6. The van der Waals surface area contributed by atoms with Gasteiger partial charge in [-0.3, -0.25) is 9.78 Å². The fraction of sp³-hybridized carbons (Fsp3) is 0.600. The summed E-state index contributed by atoms with van der Waals surface area (Å²) in [5, 5.41) is 2.86. The molecule has 1 atom stereocenters. The van der Waals surface area contributed by atoms with Crippen LogP contribution in [0.1, 0.15) is 24.6 Å². The molecule has 0 fully saturated rings. The maximum atomic E-state index is 11.4. The number of carbonyl (C=O) groups excluding carboxylic acids is 1. The molecular formula is C10H17N3OS. The van der Waals surface area contributed by atoms with Crippen LogP contribution >= 0.6 is 11.3 Å². The molecule has 0 aliphatic heterocycles. The summed E-state index contributed by atoms with van der Waals surface area (Å²) in [7, 11) is 0. The first kappa shape index (κ1) is 12.1. The summed E-state index contributed by atoms with van der Waals surface area (Å²) in [4.78, 5) is 16.4. The minimum Gasteiger partial charge on any atom is -0.351 e. The standard InChI is InChI=1S/C10H17N3OS/c1-8(4-11)2-3-10(14)13-6-9-5-12-7-15-9/h5,7-8H,2-4,6,11H2,1H3,(H,13,14). The Bertz CT molecular complexity index is 287. The zero-order valence-corrected chi connectivity index (χ0v) is 9.72. The zero-order chi connectivity index (χ0) is 11.1. The highest BCUT2D eigenvalue weighted by molar-refractivity contribution is 7.09. The van der Waals surface area contributed by atoms with E-state index >= 15 is 0 Å². The average Bonchev–Trinajstić information content (AvgIpc) is 2.75. The van der Waals surface area contributed by atoms with Gasteiger partial charge in [0.1, 0.15) is 0 Å². The van der Waals surface area contributed by atoms with Gasteiger partial charge < -0.3 is 11.1 Å². The molecule has 4 nitrogen and oxygen atoms in total. The Kier molecular flexibility index (Phi) is 5.28. The summed E-state index contributed by atoms with van der Waals surface area (Å²) >= 11 is 1.55. The van der Waals surface area contributed by atoms with Gasteiger partial charge in [0, 0.05) is 17.5 Å². The van der Waals surface area contributed by atoms with Crippen molar-refractivity contribution in [3.05, 3.63) is 16.6 Å².